The molecule has 0 saturated heterocycles. The molecule has 2 atom stereocenters. The molecule has 268 valence electrons. The predicted molar refractivity (Wildman–Crippen MR) is 183 cm³/mol. The van der Waals surface area contributed by atoms with Gasteiger partial charge in [0.15, 0.2) is 6.10 Å². The van der Waals surface area contributed by atoms with E-state index in [0.29, 0.717) is 23.9 Å². The van der Waals surface area contributed by atoms with Crippen molar-refractivity contribution in [2.75, 3.05) is 47.5 Å². The van der Waals surface area contributed by atoms with E-state index in [1.165, 1.54) is 96.3 Å². The van der Waals surface area contributed by atoms with Gasteiger partial charge in [0.2, 0.25) is 0 Å². The molecule has 45 heavy (non-hydrogen) atoms. The molecule has 0 aromatic heterocycles. The Morgan fingerprint density at radius 1 is 0.600 bits per heavy atom. The molecule has 0 fully saturated rings. The average Bonchev–Trinajstić information content (AvgIpc) is 2.97. The first-order valence-electron chi connectivity index (χ1n) is 18.3. The van der Waals surface area contributed by atoms with Crippen molar-refractivity contribution in [1.82, 2.24) is 0 Å². The number of carbonyl (C=O) groups is 2. The Morgan fingerprint density at radius 3 is 1.42 bits per heavy atom. The molecule has 0 rings (SSSR count). The minimum Gasteiger partial charge on any atom is -0.462 e. The molecule has 0 aliphatic heterocycles. The molecule has 0 amide bonds. The van der Waals surface area contributed by atoms with Gasteiger partial charge in [-0.05, 0) is 12.8 Å². The molecule has 0 bridgehead atoms. The van der Waals surface area contributed by atoms with Gasteiger partial charge >= 0.3 is 19.8 Å². The van der Waals surface area contributed by atoms with E-state index in [-0.39, 0.29) is 25.6 Å². The van der Waals surface area contributed by atoms with Gasteiger partial charge in [-0.2, -0.15) is 0 Å². The van der Waals surface area contributed by atoms with Crippen LogP contribution in [0, 0.1) is 0 Å². The number of phosphoric acid groups is 1. The number of esters is 2. The van der Waals surface area contributed by atoms with E-state index in [9.17, 15) is 19.0 Å². The van der Waals surface area contributed by atoms with Crippen LogP contribution in [0.25, 0.3) is 0 Å². The van der Waals surface area contributed by atoms with Crippen molar-refractivity contribution in [2.45, 2.75) is 168 Å². The minimum absolute atomic E-state index is 0.0361. The smallest absolute Gasteiger partial charge is 0.462 e. The summed E-state index contributed by atoms with van der Waals surface area (Å²) in [5.74, 6) is -0.795. The van der Waals surface area contributed by atoms with Crippen LogP contribution in [0.15, 0.2) is 0 Å². The molecule has 0 aromatic rings. The first-order valence-corrected chi connectivity index (χ1v) is 19.8. The summed E-state index contributed by atoms with van der Waals surface area (Å²) in [6.07, 6.45) is 24.3. The van der Waals surface area contributed by atoms with Crippen LogP contribution >= 0.6 is 7.82 Å². The Bertz CT molecular complexity index is 758. The SMILES string of the molecule is CCCCCCCCCCCCCC(=O)OC[C@H](COP(=O)(O)OCC[N+](C)(C)C)OC(=O)CCCCCCCCCCCC. The van der Waals surface area contributed by atoms with Crippen LogP contribution in [-0.2, 0) is 32.7 Å². The molecule has 1 unspecified atom stereocenters. The molecular formula is C35H71NO8P+. The van der Waals surface area contributed by atoms with Crippen molar-refractivity contribution in [3.63, 3.8) is 0 Å². The van der Waals surface area contributed by atoms with E-state index in [0.717, 1.165) is 32.1 Å². The minimum atomic E-state index is -4.35. The lowest BCUT2D eigenvalue weighted by molar-refractivity contribution is -0.870. The fourth-order valence-electron chi connectivity index (χ4n) is 4.95. The largest absolute Gasteiger partial charge is 0.472 e. The van der Waals surface area contributed by atoms with E-state index in [2.05, 4.69) is 13.8 Å². The maximum atomic E-state index is 12.5. The maximum Gasteiger partial charge on any atom is 0.472 e. The van der Waals surface area contributed by atoms with Gasteiger partial charge in [0.05, 0.1) is 27.7 Å². The Hall–Kier alpha value is -0.990. The molecular weight excluding hydrogens is 593 g/mol. The zero-order valence-electron chi connectivity index (χ0n) is 29.9. The number of hydrogen-bond acceptors (Lipinski definition) is 7. The lowest BCUT2D eigenvalue weighted by atomic mass is 10.1. The number of hydrogen-bond donors (Lipinski definition) is 1. The highest BCUT2D eigenvalue weighted by Gasteiger charge is 2.27. The van der Waals surface area contributed by atoms with Gasteiger partial charge in [0.1, 0.15) is 19.8 Å². The van der Waals surface area contributed by atoms with Crippen LogP contribution in [0.4, 0.5) is 0 Å². The highest BCUT2D eigenvalue weighted by atomic mass is 31.2. The van der Waals surface area contributed by atoms with Crippen LogP contribution in [0.1, 0.15) is 162 Å². The van der Waals surface area contributed by atoms with Crippen molar-refractivity contribution >= 4 is 19.8 Å². The Labute approximate surface area is 276 Å². The monoisotopic (exact) mass is 664 g/mol. The summed E-state index contributed by atoms with van der Waals surface area (Å²) >= 11 is 0. The van der Waals surface area contributed by atoms with E-state index in [1.54, 1.807) is 0 Å². The standard InChI is InChI=1S/C35H70NO8P/c1-6-8-10-12-14-16-18-20-21-23-25-27-34(37)41-31-33(32-43-45(39,40)42-30-29-36(3,4)5)44-35(38)28-26-24-22-19-17-15-13-11-9-7-2/h33H,6-32H2,1-5H3/p+1/t33-/m1/s1. The molecule has 0 radical (unpaired) electrons. The Balaban J connectivity index is 4.45. The third-order valence-corrected chi connectivity index (χ3v) is 8.87. The molecule has 9 nitrogen and oxygen atoms in total. The van der Waals surface area contributed by atoms with E-state index in [1.807, 2.05) is 21.1 Å². The van der Waals surface area contributed by atoms with Crippen LogP contribution in [0.2, 0.25) is 0 Å². The molecule has 0 saturated carbocycles. The molecule has 0 aromatic carbocycles. The van der Waals surface area contributed by atoms with Gasteiger partial charge < -0.3 is 18.9 Å². The van der Waals surface area contributed by atoms with Crippen molar-refractivity contribution in [3.8, 4) is 0 Å². The Kier molecular flexibility index (Phi) is 28.5. The predicted octanol–water partition coefficient (Wildman–Crippen LogP) is 9.29. The second-order valence-electron chi connectivity index (χ2n) is 13.6. The summed E-state index contributed by atoms with van der Waals surface area (Å²) in [5.41, 5.74) is 0. The number of likely N-dealkylation sites (N-methyl/N-ethyl adjacent to an activating group) is 1. The summed E-state index contributed by atoms with van der Waals surface area (Å²) in [6, 6.07) is 0. The average molecular weight is 665 g/mol. The third kappa shape index (κ3) is 32.7. The Morgan fingerprint density at radius 2 is 1.00 bits per heavy atom. The highest BCUT2D eigenvalue weighted by molar-refractivity contribution is 7.47. The van der Waals surface area contributed by atoms with Gasteiger partial charge in [-0.25, -0.2) is 4.57 Å². The summed E-state index contributed by atoms with van der Waals surface area (Å²) in [5, 5.41) is 0. The molecule has 0 spiro atoms. The lowest BCUT2D eigenvalue weighted by Gasteiger charge is -2.24. The van der Waals surface area contributed by atoms with Gasteiger partial charge in [-0.3, -0.25) is 18.6 Å². The molecule has 1 N–H and O–H groups in total. The van der Waals surface area contributed by atoms with E-state index in [4.69, 9.17) is 18.5 Å². The van der Waals surface area contributed by atoms with Crippen molar-refractivity contribution in [1.29, 1.82) is 0 Å². The lowest BCUT2D eigenvalue weighted by Crippen LogP contribution is -2.37. The van der Waals surface area contributed by atoms with Crippen LogP contribution in [-0.4, -0.2) is 74.9 Å². The summed E-state index contributed by atoms with van der Waals surface area (Å²) in [4.78, 5) is 35.0. The van der Waals surface area contributed by atoms with Crippen LogP contribution < -0.4 is 0 Å². The van der Waals surface area contributed by atoms with E-state index < -0.39 is 26.5 Å². The zero-order chi connectivity index (χ0) is 33.7. The van der Waals surface area contributed by atoms with Gasteiger partial charge in [-0.15, -0.1) is 0 Å². The fourth-order valence-corrected chi connectivity index (χ4v) is 5.70. The van der Waals surface area contributed by atoms with Crippen molar-refractivity contribution in [2.24, 2.45) is 0 Å². The number of carbonyl (C=O) groups excluding carboxylic acids is 2. The van der Waals surface area contributed by atoms with Crippen LogP contribution in [0.3, 0.4) is 0 Å². The van der Waals surface area contributed by atoms with Crippen molar-refractivity contribution < 1.29 is 42.1 Å². The number of nitrogens with zero attached hydrogens (tertiary/aromatic N) is 1. The third-order valence-electron chi connectivity index (χ3n) is 7.89. The zero-order valence-corrected chi connectivity index (χ0v) is 30.8. The van der Waals surface area contributed by atoms with Gasteiger partial charge in [-0.1, -0.05) is 136 Å². The number of quaternary nitrogens is 1. The number of unbranched alkanes of at least 4 members (excludes halogenated alkanes) is 19. The number of phosphoric ester groups is 1. The second kappa shape index (κ2) is 29.2. The number of rotatable bonds is 33. The topological polar surface area (TPSA) is 108 Å². The molecule has 0 aliphatic carbocycles. The van der Waals surface area contributed by atoms with Gasteiger partial charge in [0, 0.05) is 12.8 Å². The number of ether oxygens (including phenoxy) is 2. The molecule has 0 aliphatic rings. The fraction of sp³-hybridized carbons (Fsp3) is 0.943. The summed E-state index contributed by atoms with van der Waals surface area (Å²) in [7, 11) is 1.49. The maximum absolute atomic E-state index is 12.5. The van der Waals surface area contributed by atoms with Crippen molar-refractivity contribution in [3.05, 3.63) is 0 Å². The van der Waals surface area contributed by atoms with E-state index >= 15 is 0 Å². The first kappa shape index (κ1) is 44.0. The molecule has 10 heteroatoms. The molecule has 0 heterocycles. The summed E-state index contributed by atoms with van der Waals surface area (Å²) in [6.45, 7) is 4.39. The van der Waals surface area contributed by atoms with Gasteiger partial charge in [0.25, 0.3) is 0 Å². The summed E-state index contributed by atoms with van der Waals surface area (Å²) < 4.78 is 34.0. The first-order chi connectivity index (χ1) is 21.5. The highest BCUT2D eigenvalue weighted by Crippen LogP contribution is 2.43. The quantitative estimate of drug-likeness (QED) is 0.0320. The normalized spacial score (nSPS) is 13.8. The van der Waals surface area contributed by atoms with Crippen LogP contribution in [0.5, 0.6) is 0 Å². The second-order valence-corrected chi connectivity index (χ2v) is 15.1.